The van der Waals surface area contributed by atoms with Gasteiger partial charge in [-0.2, -0.15) is 14.2 Å². The van der Waals surface area contributed by atoms with Crippen LogP contribution in [0.3, 0.4) is 0 Å². The number of hydrazine groups is 1. The first kappa shape index (κ1) is 14.7. The molecule has 1 saturated heterocycles. The topological polar surface area (TPSA) is 87.6 Å². The molecule has 1 aromatic carbocycles. The Bertz CT molecular complexity index is 568. The van der Waals surface area contributed by atoms with E-state index in [0.29, 0.717) is 5.01 Å². The number of alkyl halides is 2. The quantitative estimate of drug-likeness (QED) is 0.573. The van der Waals surface area contributed by atoms with Crippen molar-refractivity contribution in [1.29, 1.82) is 0 Å². The third-order valence-corrected chi connectivity index (χ3v) is 3.07. The van der Waals surface area contributed by atoms with Gasteiger partial charge in [-0.25, -0.2) is 19.1 Å². The number of benzene rings is 1. The number of urea groups is 1. The first-order valence-corrected chi connectivity index (χ1v) is 5.75. The summed E-state index contributed by atoms with van der Waals surface area (Å²) in [6.45, 7) is -2.00. The third kappa shape index (κ3) is 2.23. The van der Waals surface area contributed by atoms with Gasteiger partial charge in [0.05, 0.1) is 10.7 Å². The highest BCUT2D eigenvalue weighted by atomic mass is 35.5. The smallest absolute Gasteiger partial charge is 0.346 e. The second-order valence-electron chi connectivity index (χ2n) is 4.35. The summed E-state index contributed by atoms with van der Waals surface area (Å²) in [5.74, 6) is -2.77. The van der Waals surface area contributed by atoms with E-state index in [4.69, 9.17) is 23.1 Å². The molecule has 5 N–H and O–H groups in total. The van der Waals surface area contributed by atoms with Crippen molar-refractivity contribution in [2.75, 3.05) is 10.7 Å². The Morgan fingerprint density at radius 2 is 2.05 bits per heavy atom. The van der Waals surface area contributed by atoms with Crippen LogP contribution in [0, 0.1) is 5.82 Å². The van der Waals surface area contributed by atoms with Crippen LogP contribution in [0.1, 0.15) is 6.92 Å². The number of nitrogen functional groups attached to an aromatic ring is 1. The van der Waals surface area contributed by atoms with E-state index in [0.717, 1.165) is 19.1 Å². The number of carbonyl (C=O) groups is 1. The lowest BCUT2D eigenvalue weighted by molar-refractivity contribution is -0.0432. The minimum Gasteiger partial charge on any atom is -0.397 e. The van der Waals surface area contributed by atoms with Crippen LogP contribution in [0.15, 0.2) is 12.1 Å². The molecule has 2 amide bonds. The van der Waals surface area contributed by atoms with Gasteiger partial charge in [0, 0.05) is 0 Å². The summed E-state index contributed by atoms with van der Waals surface area (Å²) in [7, 11) is 0. The number of nitrogens with one attached hydrogen (secondary N) is 1. The van der Waals surface area contributed by atoms with Crippen LogP contribution < -0.4 is 21.9 Å². The van der Waals surface area contributed by atoms with E-state index in [-0.39, 0.29) is 21.3 Å². The lowest BCUT2D eigenvalue weighted by Gasteiger charge is -2.27. The van der Waals surface area contributed by atoms with Crippen molar-refractivity contribution >= 4 is 29.0 Å². The molecule has 6 nitrogen and oxygen atoms in total. The average molecular weight is 310 g/mol. The van der Waals surface area contributed by atoms with Crippen molar-refractivity contribution < 1.29 is 18.0 Å². The molecule has 0 aliphatic carbocycles. The minimum absolute atomic E-state index is 0.00751. The zero-order chi connectivity index (χ0) is 15.2. The monoisotopic (exact) mass is 309 g/mol. The second-order valence-corrected chi connectivity index (χ2v) is 4.76. The highest BCUT2D eigenvalue weighted by Crippen LogP contribution is 2.32. The zero-order valence-corrected chi connectivity index (χ0v) is 11.0. The molecular formula is C10H11ClF3N5O. The van der Waals surface area contributed by atoms with Crippen molar-refractivity contribution in [3.8, 4) is 0 Å². The zero-order valence-electron chi connectivity index (χ0n) is 10.2. The Morgan fingerprint density at radius 1 is 1.45 bits per heavy atom. The van der Waals surface area contributed by atoms with Gasteiger partial charge in [0.15, 0.2) is 5.79 Å². The molecule has 10 heteroatoms. The molecule has 0 saturated carbocycles. The van der Waals surface area contributed by atoms with Crippen LogP contribution in [0.4, 0.5) is 29.3 Å². The molecule has 1 aliphatic rings. The van der Waals surface area contributed by atoms with Crippen molar-refractivity contribution in [1.82, 2.24) is 10.3 Å². The summed E-state index contributed by atoms with van der Waals surface area (Å²) in [5, 5.41) is 0.507. The summed E-state index contributed by atoms with van der Waals surface area (Å²) in [4.78, 5) is 12.0. The SMILES string of the molecule is CC1(N)NN(c2cc(N)c(Cl)cc2F)C(=O)N1C(F)F. The molecule has 1 unspecified atom stereocenters. The fraction of sp³-hybridized carbons (Fsp3) is 0.300. The van der Waals surface area contributed by atoms with Crippen molar-refractivity contribution in [2.45, 2.75) is 19.3 Å². The fourth-order valence-corrected chi connectivity index (χ4v) is 1.96. The van der Waals surface area contributed by atoms with Gasteiger partial charge in [0.2, 0.25) is 0 Å². The van der Waals surface area contributed by atoms with Crippen LogP contribution in [0.25, 0.3) is 0 Å². The number of nitrogens with two attached hydrogens (primary N) is 2. The molecule has 1 heterocycles. The number of nitrogens with zero attached hydrogens (tertiary/aromatic N) is 2. The van der Waals surface area contributed by atoms with E-state index >= 15 is 0 Å². The summed E-state index contributed by atoms with van der Waals surface area (Å²) >= 11 is 5.62. The lowest BCUT2D eigenvalue weighted by Crippen LogP contribution is -2.59. The number of hydrogen-bond donors (Lipinski definition) is 3. The van der Waals surface area contributed by atoms with E-state index in [1.54, 1.807) is 0 Å². The summed E-state index contributed by atoms with van der Waals surface area (Å²) in [6, 6.07) is 0.721. The van der Waals surface area contributed by atoms with Crippen molar-refractivity contribution in [2.24, 2.45) is 5.73 Å². The van der Waals surface area contributed by atoms with Crippen LogP contribution in [-0.4, -0.2) is 23.3 Å². The van der Waals surface area contributed by atoms with Gasteiger partial charge in [-0.05, 0) is 19.1 Å². The molecule has 0 bridgehead atoms. The molecule has 1 fully saturated rings. The van der Waals surface area contributed by atoms with Gasteiger partial charge in [-0.15, -0.1) is 0 Å². The first-order chi connectivity index (χ1) is 9.15. The molecule has 110 valence electrons. The summed E-state index contributed by atoms with van der Waals surface area (Å²) < 4.78 is 39.5. The Hall–Kier alpha value is -1.71. The predicted octanol–water partition coefficient (Wildman–Crippen LogP) is 1.66. The van der Waals surface area contributed by atoms with Gasteiger partial charge in [0.25, 0.3) is 0 Å². The van der Waals surface area contributed by atoms with Gasteiger partial charge in [-0.1, -0.05) is 11.6 Å². The maximum absolute atomic E-state index is 13.8. The lowest BCUT2D eigenvalue weighted by atomic mass is 10.2. The second kappa shape index (κ2) is 4.69. The number of rotatable bonds is 2. The molecule has 2 rings (SSSR count). The Balaban J connectivity index is 2.45. The molecule has 1 aliphatic heterocycles. The predicted molar refractivity (Wildman–Crippen MR) is 67.3 cm³/mol. The third-order valence-electron chi connectivity index (χ3n) is 2.74. The van der Waals surface area contributed by atoms with Gasteiger partial charge in [-0.3, -0.25) is 5.73 Å². The highest BCUT2D eigenvalue weighted by Gasteiger charge is 2.49. The first-order valence-electron chi connectivity index (χ1n) is 5.38. The Labute approximate surface area is 117 Å². The van der Waals surface area contributed by atoms with Gasteiger partial charge in [0.1, 0.15) is 11.5 Å². The number of halogens is 4. The maximum atomic E-state index is 13.8. The Morgan fingerprint density at radius 3 is 2.55 bits per heavy atom. The van der Waals surface area contributed by atoms with Crippen LogP contribution >= 0.6 is 11.6 Å². The van der Waals surface area contributed by atoms with Crippen LogP contribution in [0.5, 0.6) is 0 Å². The van der Waals surface area contributed by atoms with Crippen molar-refractivity contribution in [3.63, 3.8) is 0 Å². The maximum Gasteiger partial charge on any atom is 0.346 e. The Kier molecular flexibility index (Phi) is 3.44. The number of hydrogen-bond acceptors (Lipinski definition) is 4. The van der Waals surface area contributed by atoms with E-state index in [1.165, 1.54) is 0 Å². The standard InChI is InChI=1S/C10H11ClF3N5O/c1-10(16)17-19(9(20)18(10)8(13)14)7-3-6(15)4(11)2-5(7)12/h2-3,8,17H,15-16H2,1H3. The molecule has 0 aromatic heterocycles. The molecule has 1 atom stereocenters. The largest absolute Gasteiger partial charge is 0.397 e. The minimum atomic E-state index is -3.15. The van der Waals surface area contributed by atoms with Crippen LogP contribution in [-0.2, 0) is 0 Å². The normalized spacial score (nSPS) is 23.1. The molecule has 0 radical (unpaired) electrons. The fourth-order valence-electron chi connectivity index (χ4n) is 1.81. The van der Waals surface area contributed by atoms with Gasteiger partial charge >= 0.3 is 12.6 Å². The molecule has 20 heavy (non-hydrogen) atoms. The highest BCUT2D eigenvalue weighted by molar-refractivity contribution is 6.33. The molecule has 0 spiro atoms. The number of anilines is 2. The van der Waals surface area contributed by atoms with Crippen molar-refractivity contribution in [3.05, 3.63) is 23.0 Å². The van der Waals surface area contributed by atoms with E-state index in [2.05, 4.69) is 5.43 Å². The van der Waals surface area contributed by atoms with E-state index in [9.17, 15) is 18.0 Å². The average Bonchev–Trinajstić information content (AvgIpc) is 2.54. The van der Waals surface area contributed by atoms with Gasteiger partial charge < -0.3 is 5.73 Å². The summed E-state index contributed by atoms with van der Waals surface area (Å²) in [6.07, 6.45) is 0. The van der Waals surface area contributed by atoms with E-state index < -0.39 is 24.2 Å². The molecule has 1 aromatic rings. The van der Waals surface area contributed by atoms with Crippen LogP contribution in [0.2, 0.25) is 5.02 Å². The number of carbonyl (C=O) groups excluding carboxylic acids is 1. The summed E-state index contributed by atoms with van der Waals surface area (Å²) in [5.41, 5.74) is 13.0. The number of amides is 2. The van der Waals surface area contributed by atoms with E-state index in [1.807, 2.05) is 0 Å². The molecular weight excluding hydrogens is 299 g/mol.